The summed E-state index contributed by atoms with van der Waals surface area (Å²) in [5.41, 5.74) is 0. The molecule has 2 rings (SSSR count). The largest absolute Gasteiger partial charge is 0.299 e. The Morgan fingerprint density at radius 2 is 1.80 bits per heavy atom. The third kappa shape index (κ3) is 3.60. The van der Waals surface area contributed by atoms with Gasteiger partial charge in [0.2, 0.25) is 0 Å². The van der Waals surface area contributed by atoms with Crippen LogP contribution in [0.5, 0.6) is 0 Å². The first-order valence-electron chi connectivity index (χ1n) is 6.47. The van der Waals surface area contributed by atoms with Crippen LogP contribution in [0.25, 0.3) is 0 Å². The molecule has 2 saturated carbocycles. The number of carbonyl (C=O) groups excluding carboxylic acids is 1. The molecular formula is C13H23NO. The molecule has 2 aliphatic rings. The van der Waals surface area contributed by atoms with E-state index in [1.54, 1.807) is 0 Å². The SMILES string of the molecule is CN(CC(=O)C1CC1)CC1CCCCC1. The monoisotopic (exact) mass is 209 g/mol. The maximum atomic E-state index is 11.6. The van der Waals surface area contributed by atoms with E-state index in [1.807, 2.05) is 0 Å². The summed E-state index contributed by atoms with van der Waals surface area (Å²) in [4.78, 5) is 13.9. The van der Waals surface area contributed by atoms with Gasteiger partial charge < -0.3 is 0 Å². The van der Waals surface area contributed by atoms with Crippen LogP contribution in [0.15, 0.2) is 0 Å². The predicted octanol–water partition coefficient (Wildman–Crippen LogP) is 2.48. The Morgan fingerprint density at radius 3 is 2.40 bits per heavy atom. The quantitative estimate of drug-likeness (QED) is 0.693. The van der Waals surface area contributed by atoms with Crippen molar-refractivity contribution in [2.45, 2.75) is 44.9 Å². The van der Waals surface area contributed by atoms with E-state index in [1.165, 1.54) is 32.1 Å². The van der Waals surface area contributed by atoms with Crippen molar-refractivity contribution in [3.8, 4) is 0 Å². The zero-order valence-electron chi connectivity index (χ0n) is 9.87. The van der Waals surface area contributed by atoms with E-state index in [0.29, 0.717) is 18.2 Å². The average molecular weight is 209 g/mol. The number of Topliss-reactive ketones (excluding diaryl/α,β-unsaturated/α-hetero) is 1. The Morgan fingerprint density at radius 1 is 1.13 bits per heavy atom. The van der Waals surface area contributed by atoms with Gasteiger partial charge >= 0.3 is 0 Å². The topological polar surface area (TPSA) is 20.3 Å². The van der Waals surface area contributed by atoms with Crippen molar-refractivity contribution < 1.29 is 4.79 Å². The molecule has 0 aliphatic heterocycles. The fourth-order valence-electron chi connectivity index (χ4n) is 2.68. The Hall–Kier alpha value is -0.370. The lowest BCUT2D eigenvalue weighted by Crippen LogP contribution is -2.32. The smallest absolute Gasteiger partial charge is 0.149 e. The first-order valence-corrected chi connectivity index (χ1v) is 6.47. The van der Waals surface area contributed by atoms with Gasteiger partial charge in [-0.3, -0.25) is 9.69 Å². The van der Waals surface area contributed by atoms with E-state index in [2.05, 4.69) is 11.9 Å². The number of likely N-dealkylation sites (N-methyl/N-ethyl adjacent to an activating group) is 1. The Labute approximate surface area is 93.0 Å². The first-order chi connectivity index (χ1) is 7.25. The molecule has 0 bridgehead atoms. The molecule has 0 aromatic rings. The molecule has 0 saturated heterocycles. The molecule has 2 nitrogen and oxygen atoms in total. The standard InChI is InChI=1S/C13H23NO/c1-14(10-13(15)12-7-8-12)9-11-5-3-2-4-6-11/h11-12H,2-10H2,1H3. The third-order valence-electron chi connectivity index (χ3n) is 3.75. The number of carbonyl (C=O) groups is 1. The van der Waals surface area contributed by atoms with Gasteiger partial charge in [-0.1, -0.05) is 19.3 Å². The molecule has 0 spiro atoms. The zero-order valence-corrected chi connectivity index (χ0v) is 9.87. The van der Waals surface area contributed by atoms with E-state index in [4.69, 9.17) is 0 Å². The molecule has 0 N–H and O–H groups in total. The summed E-state index contributed by atoms with van der Waals surface area (Å²) in [7, 11) is 2.11. The summed E-state index contributed by atoms with van der Waals surface area (Å²) in [6, 6.07) is 0. The Kier molecular flexibility index (Phi) is 3.79. The van der Waals surface area contributed by atoms with Crippen molar-refractivity contribution in [3.63, 3.8) is 0 Å². The van der Waals surface area contributed by atoms with E-state index in [0.717, 1.165) is 25.3 Å². The molecule has 0 radical (unpaired) electrons. The summed E-state index contributed by atoms with van der Waals surface area (Å²) >= 11 is 0. The van der Waals surface area contributed by atoms with Crippen LogP contribution in [0.4, 0.5) is 0 Å². The van der Waals surface area contributed by atoms with Crippen LogP contribution in [0.2, 0.25) is 0 Å². The van der Waals surface area contributed by atoms with Crippen LogP contribution in [0.3, 0.4) is 0 Å². The highest BCUT2D eigenvalue weighted by molar-refractivity contribution is 5.84. The van der Waals surface area contributed by atoms with Gasteiger partial charge in [-0.25, -0.2) is 0 Å². The molecule has 2 aliphatic carbocycles. The highest BCUT2D eigenvalue weighted by Crippen LogP contribution is 2.30. The van der Waals surface area contributed by atoms with Crippen LogP contribution in [0.1, 0.15) is 44.9 Å². The van der Waals surface area contributed by atoms with Crippen molar-refractivity contribution in [2.75, 3.05) is 20.1 Å². The molecular weight excluding hydrogens is 186 g/mol. The highest BCUT2D eigenvalue weighted by Gasteiger charge is 2.30. The van der Waals surface area contributed by atoms with E-state index in [-0.39, 0.29) is 0 Å². The average Bonchev–Trinajstić information content (AvgIpc) is 3.01. The number of nitrogens with zero attached hydrogens (tertiary/aromatic N) is 1. The van der Waals surface area contributed by atoms with Crippen LogP contribution in [0, 0.1) is 11.8 Å². The molecule has 0 unspecified atom stereocenters. The fourth-order valence-corrected chi connectivity index (χ4v) is 2.68. The Bertz CT molecular complexity index is 217. The second-order valence-corrected chi connectivity index (χ2v) is 5.44. The maximum Gasteiger partial charge on any atom is 0.149 e. The minimum atomic E-state index is 0.429. The van der Waals surface area contributed by atoms with E-state index >= 15 is 0 Å². The molecule has 2 heteroatoms. The predicted molar refractivity (Wildman–Crippen MR) is 61.8 cm³/mol. The van der Waals surface area contributed by atoms with Crippen molar-refractivity contribution in [1.82, 2.24) is 4.90 Å². The lowest BCUT2D eigenvalue weighted by Gasteiger charge is -2.26. The summed E-state index contributed by atoms with van der Waals surface area (Å²) in [6.45, 7) is 1.83. The minimum Gasteiger partial charge on any atom is -0.299 e. The second kappa shape index (κ2) is 5.11. The summed E-state index contributed by atoms with van der Waals surface area (Å²) in [5, 5.41) is 0. The van der Waals surface area contributed by atoms with Gasteiger partial charge in [0.25, 0.3) is 0 Å². The fraction of sp³-hybridized carbons (Fsp3) is 0.923. The normalized spacial score (nSPS) is 23.3. The lowest BCUT2D eigenvalue weighted by molar-refractivity contribution is -0.121. The van der Waals surface area contributed by atoms with Crippen LogP contribution >= 0.6 is 0 Å². The van der Waals surface area contributed by atoms with Gasteiger partial charge in [0.15, 0.2) is 0 Å². The summed E-state index contributed by atoms with van der Waals surface area (Å²) in [5.74, 6) is 1.77. The number of rotatable bonds is 5. The Balaban J connectivity index is 1.66. The lowest BCUT2D eigenvalue weighted by atomic mass is 9.89. The molecule has 0 aromatic heterocycles. The van der Waals surface area contributed by atoms with Gasteiger partial charge in [-0.15, -0.1) is 0 Å². The molecule has 15 heavy (non-hydrogen) atoms. The van der Waals surface area contributed by atoms with Gasteiger partial charge in [-0.2, -0.15) is 0 Å². The number of hydrogen-bond acceptors (Lipinski definition) is 2. The zero-order chi connectivity index (χ0) is 10.7. The second-order valence-electron chi connectivity index (χ2n) is 5.44. The van der Waals surface area contributed by atoms with Gasteiger partial charge in [0.1, 0.15) is 5.78 Å². The molecule has 0 aromatic carbocycles. The van der Waals surface area contributed by atoms with Gasteiger partial charge in [-0.05, 0) is 38.6 Å². The van der Waals surface area contributed by atoms with Crippen molar-refractivity contribution >= 4 is 5.78 Å². The molecule has 0 atom stereocenters. The molecule has 0 heterocycles. The van der Waals surface area contributed by atoms with Crippen molar-refractivity contribution in [3.05, 3.63) is 0 Å². The molecule has 2 fully saturated rings. The number of ketones is 1. The highest BCUT2D eigenvalue weighted by atomic mass is 16.1. The molecule has 86 valence electrons. The van der Waals surface area contributed by atoms with Crippen molar-refractivity contribution in [2.24, 2.45) is 11.8 Å². The summed E-state index contributed by atoms with van der Waals surface area (Å²) < 4.78 is 0. The van der Waals surface area contributed by atoms with Crippen LogP contribution in [-0.4, -0.2) is 30.8 Å². The molecule has 0 amide bonds. The van der Waals surface area contributed by atoms with Crippen molar-refractivity contribution in [1.29, 1.82) is 0 Å². The number of hydrogen-bond donors (Lipinski definition) is 0. The summed E-state index contributed by atoms with van der Waals surface area (Å²) in [6.07, 6.45) is 9.27. The van der Waals surface area contributed by atoms with E-state index < -0.39 is 0 Å². The maximum absolute atomic E-state index is 11.6. The van der Waals surface area contributed by atoms with Crippen LogP contribution < -0.4 is 0 Å². The first kappa shape index (κ1) is 11.1. The van der Waals surface area contributed by atoms with E-state index in [9.17, 15) is 4.79 Å². The van der Waals surface area contributed by atoms with Crippen LogP contribution in [-0.2, 0) is 4.79 Å². The third-order valence-corrected chi connectivity index (χ3v) is 3.75. The van der Waals surface area contributed by atoms with Gasteiger partial charge in [0, 0.05) is 12.5 Å². The minimum absolute atomic E-state index is 0.429. The van der Waals surface area contributed by atoms with Gasteiger partial charge in [0.05, 0.1) is 6.54 Å².